The van der Waals surface area contributed by atoms with Gasteiger partial charge in [0.1, 0.15) is 11.5 Å². The van der Waals surface area contributed by atoms with E-state index in [0.717, 1.165) is 0 Å². The lowest BCUT2D eigenvalue weighted by molar-refractivity contribution is 0.0950. The van der Waals surface area contributed by atoms with E-state index in [1.165, 1.54) is 24.3 Å². The van der Waals surface area contributed by atoms with Gasteiger partial charge in [0, 0.05) is 23.0 Å². The van der Waals surface area contributed by atoms with Crippen LogP contribution in [0.5, 0.6) is 0 Å². The zero-order valence-corrected chi connectivity index (χ0v) is 11.6. The number of imidazole rings is 1. The minimum Gasteiger partial charge on any atom is -0.346 e. The third-order valence-electron chi connectivity index (χ3n) is 3.01. The summed E-state index contributed by atoms with van der Waals surface area (Å²) in [5.74, 6) is -0.645. The van der Waals surface area contributed by atoms with Crippen molar-refractivity contribution in [2.45, 2.75) is 6.54 Å². The number of rotatable bonds is 3. The molecular formula is C15H11ClFN3O. The van der Waals surface area contributed by atoms with Crippen molar-refractivity contribution in [3.8, 4) is 0 Å². The molecule has 0 spiro atoms. The summed E-state index contributed by atoms with van der Waals surface area (Å²) in [6.45, 7) is 0.287. The van der Waals surface area contributed by atoms with Gasteiger partial charge in [-0.15, -0.1) is 0 Å². The summed E-state index contributed by atoms with van der Waals surface area (Å²) in [4.78, 5) is 16.3. The number of nitrogens with zero attached hydrogens (tertiary/aromatic N) is 2. The number of halogens is 2. The number of hydrogen-bond donors (Lipinski definition) is 1. The molecule has 1 amide bonds. The van der Waals surface area contributed by atoms with Crippen LogP contribution in [0.1, 0.15) is 16.1 Å². The van der Waals surface area contributed by atoms with Gasteiger partial charge < -0.3 is 9.72 Å². The summed E-state index contributed by atoms with van der Waals surface area (Å²) in [6, 6.07) is 8.88. The number of carbonyl (C=O) groups is 1. The summed E-state index contributed by atoms with van der Waals surface area (Å²) < 4.78 is 14.6. The van der Waals surface area contributed by atoms with Gasteiger partial charge in [-0.1, -0.05) is 11.6 Å². The van der Waals surface area contributed by atoms with Gasteiger partial charge in [-0.3, -0.25) is 4.79 Å². The molecule has 0 saturated carbocycles. The van der Waals surface area contributed by atoms with Crippen molar-refractivity contribution < 1.29 is 9.18 Å². The van der Waals surface area contributed by atoms with Gasteiger partial charge >= 0.3 is 0 Å². The number of aromatic nitrogens is 2. The van der Waals surface area contributed by atoms with Gasteiger partial charge in [-0.05, 0) is 36.4 Å². The van der Waals surface area contributed by atoms with Crippen LogP contribution in [0.25, 0.3) is 5.65 Å². The van der Waals surface area contributed by atoms with Gasteiger partial charge in [0.15, 0.2) is 0 Å². The summed E-state index contributed by atoms with van der Waals surface area (Å²) in [7, 11) is 0. The largest absolute Gasteiger partial charge is 0.346 e. The lowest BCUT2D eigenvalue weighted by Crippen LogP contribution is -2.22. The highest BCUT2D eigenvalue weighted by molar-refractivity contribution is 6.30. The third kappa shape index (κ3) is 3.03. The van der Waals surface area contributed by atoms with Crippen LogP contribution in [0.4, 0.5) is 4.39 Å². The first kappa shape index (κ1) is 13.6. The summed E-state index contributed by atoms with van der Waals surface area (Å²) in [5.41, 5.74) is 1.84. The molecule has 106 valence electrons. The second kappa shape index (κ2) is 5.54. The molecule has 6 heteroatoms. The zero-order chi connectivity index (χ0) is 14.8. The number of amides is 1. The first-order chi connectivity index (χ1) is 10.1. The average molecular weight is 304 g/mol. The molecule has 0 atom stereocenters. The van der Waals surface area contributed by atoms with Crippen molar-refractivity contribution in [3.63, 3.8) is 0 Å². The van der Waals surface area contributed by atoms with E-state index in [0.29, 0.717) is 21.9 Å². The Morgan fingerprint density at radius 1 is 1.29 bits per heavy atom. The van der Waals surface area contributed by atoms with Crippen molar-refractivity contribution in [2.24, 2.45) is 0 Å². The van der Waals surface area contributed by atoms with E-state index < -0.39 is 0 Å². The number of fused-ring (bicyclic) bond motifs is 1. The molecule has 2 aromatic heterocycles. The van der Waals surface area contributed by atoms with Crippen LogP contribution in [0, 0.1) is 5.82 Å². The van der Waals surface area contributed by atoms with Crippen LogP contribution in [-0.2, 0) is 6.54 Å². The van der Waals surface area contributed by atoms with Crippen LogP contribution in [-0.4, -0.2) is 15.3 Å². The first-order valence-corrected chi connectivity index (χ1v) is 6.66. The molecule has 0 saturated heterocycles. The molecule has 0 aliphatic carbocycles. The van der Waals surface area contributed by atoms with Gasteiger partial charge in [0.25, 0.3) is 5.91 Å². The van der Waals surface area contributed by atoms with E-state index in [2.05, 4.69) is 10.3 Å². The van der Waals surface area contributed by atoms with E-state index in [9.17, 15) is 9.18 Å². The highest BCUT2D eigenvalue weighted by atomic mass is 35.5. The molecule has 0 unspecified atom stereocenters. The summed E-state index contributed by atoms with van der Waals surface area (Å²) in [6.07, 6.45) is 3.62. The quantitative estimate of drug-likeness (QED) is 0.808. The van der Waals surface area contributed by atoms with Crippen LogP contribution in [0.15, 0.2) is 48.8 Å². The number of nitrogens with one attached hydrogen (secondary N) is 1. The standard InChI is InChI=1S/C15H11ClFN3O/c16-11-5-6-20-9-13(19-14(20)7-11)8-18-15(21)10-1-3-12(17)4-2-10/h1-7,9H,8H2,(H,18,21). The van der Waals surface area contributed by atoms with Gasteiger partial charge in [-0.25, -0.2) is 9.37 Å². The fraction of sp³-hybridized carbons (Fsp3) is 0.0667. The molecule has 4 nitrogen and oxygen atoms in total. The zero-order valence-electron chi connectivity index (χ0n) is 10.9. The second-order valence-corrected chi connectivity index (χ2v) is 4.97. The Balaban J connectivity index is 1.71. The van der Waals surface area contributed by atoms with Crippen LogP contribution in [0.3, 0.4) is 0 Å². The molecule has 0 aliphatic rings. The SMILES string of the molecule is O=C(NCc1cn2ccc(Cl)cc2n1)c1ccc(F)cc1. The number of carbonyl (C=O) groups excluding carboxylic acids is 1. The van der Waals surface area contributed by atoms with E-state index in [4.69, 9.17) is 11.6 Å². The van der Waals surface area contributed by atoms with Crippen molar-refractivity contribution in [3.05, 3.63) is 70.9 Å². The number of pyridine rings is 1. The van der Waals surface area contributed by atoms with Crippen molar-refractivity contribution in [1.82, 2.24) is 14.7 Å². The predicted molar refractivity (Wildman–Crippen MR) is 77.8 cm³/mol. The van der Waals surface area contributed by atoms with E-state index in [-0.39, 0.29) is 18.3 Å². The second-order valence-electron chi connectivity index (χ2n) is 4.53. The van der Waals surface area contributed by atoms with E-state index in [1.54, 1.807) is 18.3 Å². The maximum atomic E-state index is 12.8. The Morgan fingerprint density at radius 2 is 2.05 bits per heavy atom. The molecule has 0 aliphatic heterocycles. The first-order valence-electron chi connectivity index (χ1n) is 6.29. The fourth-order valence-electron chi connectivity index (χ4n) is 1.97. The summed E-state index contributed by atoms with van der Waals surface area (Å²) >= 11 is 5.89. The predicted octanol–water partition coefficient (Wildman–Crippen LogP) is 3.06. The normalized spacial score (nSPS) is 10.8. The van der Waals surface area contributed by atoms with Crippen molar-refractivity contribution in [2.75, 3.05) is 0 Å². The molecule has 1 aromatic carbocycles. The molecular weight excluding hydrogens is 293 g/mol. The Kier molecular flexibility index (Phi) is 3.58. The van der Waals surface area contributed by atoms with E-state index >= 15 is 0 Å². The molecule has 0 fully saturated rings. The molecule has 0 radical (unpaired) electrons. The average Bonchev–Trinajstić information content (AvgIpc) is 2.87. The molecule has 0 bridgehead atoms. The highest BCUT2D eigenvalue weighted by Crippen LogP contribution is 2.12. The van der Waals surface area contributed by atoms with Crippen molar-refractivity contribution in [1.29, 1.82) is 0 Å². The Morgan fingerprint density at radius 3 is 2.81 bits per heavy atom. The van der Waals surface area contributed by atoms with Crippen molar-refractivity contribution >= 4 is 23.2 Å². The molecule has 3 rings (SSSR count). The van der Waals surface area contributed by atoms with Gasteiger partial charge in [0.2, 0.25) is 0 Å². The van der Waals surface area contributed by atoms with Crippen LogP contribution in [0.2, 0.25) is 5.02 Å². The topological polar surface area (TPSA) is 46.4 Å². The smallest absolute Gasteiger partial charge is 0.251 e. The van der Waals surface area contributed by atoms with Crippen LogP contribution < -0.4 is 5.32 Å². The van der Waals surface area contributed by atoms with E-state index in [1.807, 2.05) is 10.6 Å². The third-order valence-corrected chi connectivity index (χ3v) is 3.24. The monoisotopic (exact) mass is 303 g/mol. The lowest BCUT2D eigenvalue weighted by Gasteiger charge is -2.02. The Hall–Kier alpha value is -2.40. The molecule has 21 heavy (non-hydrogen) atoms. The number of benzene rings is 1. The van der Waals surface area contributed by atoms with Gasteiger partial charge in [-0.2, -0.15) is 0 Å². The van der Waals surface area contributed by atoms with Gasteiger partial charge in [0.05, 0.1) is 12.2 Å². The summed E-state index contributed by atoms with van der Waals surface area (Å²) in [5, 5.41) is 3.35. The molecule has 1 N–H and O–H groups in total. The minimum absolute atomic E-state index is 0.273. The fourth-order valence-corrected chi connectivity index (χ4v) is 2.12. The number of hydrogen-bond acceptors (Lipinski definition) is 2. The van der Waals surface area contributed by atoms with Crippen LogP contribution >= 0.6 is 11.6 Å². The minimum atomic E-state index is -0.372. The molecule has 2 heterocycles. The molecule has 3 aromatic rings. The highest BCUT2D eigenvalue weighted by Gasteiger charge is 2.07. The maximum Gasteiger partial charge on any atom is 0.251 e. The Bertz CT molecular complexity index is 798. The Labute approximate surface area is 125 Å². The lowest BCUT2D eigenvalue weighted by atomic mass is 10.2. The maximum absolute atomic E-state index is 12.8.